The maximum atomic E-state index is 13.6. The molecule has 0 aliphatic carbocycles. The summed E-state index contributed by atoms with van der Waals surface area (Å²) in [7, 11) is 2.12. The van der Waals surface area contributed by atoms with Crippen molar-refractivity contribution in [3.63, 3.8) is 0 Å². The number of nitrogens with one attached hydrogen (secondary N) is 8. The lowest BCUT2D eigenvalue weighted by Gasteiger charge is -2.51. The summed E-state index contributed by atoms with van der Waals surface area (Å²) in [5.74, 6) is -13.4. The van der Waals surface area contributed by atoms with Gasteiger partial charge in [0, 0.05) is 177 Å². The molecule has 8 unspecified atom stereocenters. The normalized spacial score (nSPS) is 25.2. The zero-order chi connectivity index (χ0) is 106. The third-order valence-corrected chi connectivity index (χ3v) is 23.4. The number of aliphatic hydroxyl groups excluding tert-OH is 7. The van der Waals surface area contributed by atoms with Crippen molar-refractivity contribution >= 4 is 88.4 Å². The number of hydrogen-bond donors (Lipinski definition) is 23. The van der Waals surface area contributed by atoms with Gasteiger partial charge in [0.2, 0.25) is 82.5 Å². The Kier molecular flexibility index (Phi) is 60.0. The van der Waals surface area contributed by atoms with Crippen LogP contribution < -0.4 is 42.5 Å². The molecule has 0 spiro atoms. The lowest BCUT2D eigenvalue weighted by Crippen LogP contribution is -2.73. The van der Waals surface area contributed by atoms with Crippen molar-refractivity contribution < 1.29 is 192 Å². The molecule has 4 heterocycles. The van der Waals surface area contributed by atoms with Gasteiger partial charge in [0.05, 0.1) is 44.1 Å². The van der Waals surface area contributed by atoms with E-state index in [1.165, 1.54) is 34.6 Å². The highest BCUT2D eigenvalue weighted by molar-refractivity contribution is 5.88. The van der Waals surface area contributed by atoms with Crippen molar-refractivity contribution in [1.29, 1.82) is 0 Å². The first-order chi connectivity index (χ1) is 66.6. The van der Waals surface area contributed by atoms with Gasteiger partial charge in [0.15, 0.2) is 24.1 Å². The van der Waals surface area contributed by atoms with E-state index in [2.05, 4.69) is 49.1 Å². The number of nitrogens with zero attached hydrogens (tertiary/aromatic N) is 6. The van der Waals surface area contributed by atoms with Crippen LogP contribution in [0.4, 0.5) is 0 Å². The van der Waals surface area contributed by atoms with Gasteiger partial charge in [-0.25, -0.2) is 35.2 Å². The number of amides is 12. The van der Waals surface area contributed by atoms with Gasteiger partial charge in [0.25, 0.3) is 0 Å². The van der Waals surface area contributed by atoms with Gasteiger partial charge < -0.3 is 131 Å². The smallest absolute Gasteiger partial charge is 0.333 e. The Hall–Kier alpha value is -8.81. The molecule has 4 saturated heterocycles. The van der Waals surface area contributed by atoms with Crippen molar-refractivity contribution in [2.45, 2.75) is 337 Å². The number of ether oxygens (including phenoxy) is 9. The first-order valence-electron chi connectivity index (χ1n) is 47.6. The maximum Gasteiger partial charge on any atom is 0.333 e. The number of hydroxylamine groups is 12. The summed E-state index contributed by atoms with van der Waals surface area (Å²) in [6.45, 7) is 13.3. The fourth-order valence-corrected chi connectivity index (χ4v) is 15.0. The fourth-order valence-electron chi connectivity index (χ4n) is 15.0. The monoisotopic (exact) mass is 2030 g/mol. The zero-order valence-corrected chi connectivity index (χ0v) is 82.0. The van der Waals surface area contributed by atoms with Crippen LogP contribution in [0, 0.1) is 0 Å². The number of aliphatic hydroxyl groups is 9. The number of ketones is 2. The molecule has 810 valence electrons. The number of unbranched alkanes of at least 4 members (excludes halogenated alkanes) is 10. The van der Waals surface area contributed by atoms with Gasteiger partial charge in [-0.05, 0) is 130 Å². The maximum absolute atomic E-state index is 13.6. The Labute approximate surface area is 818 Å². The molecule has 53 heteroatoms. The van der Waals surface area contributed by atoms with E-state index < -0.39 is 205 Å². The number of Topliss-reactive ketones (excluding diaryl/α,β-unsaturated/α-hetero) is 2. The molecular formula is C88H154N14O39. The molecule has 4 aliphatic rings. The van der Waals surface area contributed by atoms with E-state index in [1.54, 1.807) is 0 Å². The Morgan fingerprint density at radius 2 is 0.660 bits per heavy atom. The molecule has 0 aromatic carbocycles. The quantitative estimate of drug-likeness (QED) is 0.00677. The highest BCUT2D eigenvalue weighted by atomic mass is 16.7. The molecule has 12 amide bonds. The molecule has 0 bridgehead atoms. The molecule has 0 aromatic heterocycles. The lowest BCUT2D eigenvalue weighted by molar-refractivity contribution is -0.377. The van der Waals surface area contributed by atoms with Crippen molar-refractivity contribution in [2.75, 3.05) is 119 Å². The Bertz CT molecular complexity index is 3890. The second kappa shape index (κ2) is 67.0. The first-order valence-corrected chi connectivity index (χ1v) is 47.6. The molecule has 23 N–H and O–H groups in total. The molecule has 4 fully saturated rings. The minimum absolute atomic E-state index is 0.00367. The van der Waals surface area contributed by atoms with Crippen molar-refractivity contribution in [3.05, 3.63) is 12.2 Å². The number of rotatable bonds is 66. The summed E-state index contributed by atoms with van der Waals surface area (Å²) in [6, 6.07) is -3.26. The van der Waals surface area contributed by atoms with Crippen LogP contribution in [0.15, 0.2) is 12.2 Å². The number of esters is 1. The SMILES string of the molecule is C=C(C)C(=O)OCCC1O[C@@H](O[C@@H]2C(C(=O)CNCCCCCN(O)C(=O)CCC(=O)NCCCCCN(O)C(=O)CCC(=O)NCCCCN(O)C(C)=O)O[C@H](C)C(O)[C@H]2O)C(NC(C)=O)[C@@](O)(OC)[C@@H]1O.CO[C@]1(O)C(NC(C)=O)[C@H](O[C@@H]2C(C(=O)CNCCCCCN(O)C(=O)CCC(=O)NCCCCCN(O)C(=O)CCC(=O)NCCCCN(O)C(C)=O)O[C@H](C)C(O)[C@H]2O)OC(CCO)[C@H]1O. The van der Waals surface area contributed by atoms with Crippen LogP contribution in [-0.4, -0.2) is 437 Å². The Morgan fingerprint density at radius 3 is 0.943 bits per heavy atom. The highest BCUT2D eigenvalue weighted by Crippen LogP contribution is 2.38. The second-order valence-corrected chi connectivity index (χ2v) is 34.8. The second-order valence-electron chi connectivity index (χ2n) is 34.8. The van der Waals surface area contributed by atoms with Crippen LogP contribution in [0.2, 0.25) is 0 Å². The Morgan fingerprint density at radius 1 is 0.376 bits per heavy atom. The molecule has 0 aromatic rings. The summed E-state index contributed by atoms with van der Waals surface area (Å²) < 4.78 is 50.8. The molecule has 4 rings (SSSR count). The van der Waals surface area contributed by atoms with E-state index in [1.807, 2.05) is 0 Å². The number of hydrogen-bond acceptors (Lipinski definition) is 41. The molecule has 0 saturated carbocycles. The zero-order valence-electron chi connectivity index (χ0n) is 82.0. The summed E-state index contributed by atoms with van der Waals surface area (Å²) in [5.41, 5.74) is 0.110. The largest absolute Gasteiger partial charge is 0.462 e. The van der Waals surface area contributed by atoms with E-state index in [0.29, 0.717) is 166 Å². The predicted molar refractivity (Wildman–Crippen MR) is 484 cm³/mol. The van der Waals surface area contributed by atoms with E-state index in [-0.39, 0.29) is 147 Å². The van der Waals surface area contributed by atoms with Gasteiger partial charge in [-0.1, -0.05) is 19.4 Å². The van der Waals surface area contributed by atoms with Crippen molar-refractivity contribution in [1.82, 2.24) is 72.9 Å². The molecule has 20 atom stereocenters. The van der Waals surface area contributed by atoms with E-state index in [0.717, 1.165) is 28.1 Å². The molecular weight excluding hydrogens is 1880 g/mol. The number of carbonyl (C=O) groups excluding carboxylic acids is 15. The average molecular weight is 2030 g/mol. The molecule has 141 heavy (non-hydrogen) atoms. The van der Waals surface area contributed by atoms with Crippen LogP contribution in [0.5, 0.6) is 0 Å². The minimum Gasteiger partial charge on any atom is -0.462 e. The number of methoxy groups -OCH3 is 2. The molecule has 53 nitrogen and oxygen atoms in total. The molecule has 4 aliphatic heterocycles. The van der Waals surface area contributed by atoms with Crippen molar-refractivity contribution in [2.24, 2.45) is 0 Å². The average Bonchev–Trinajstić information content (AvgIpc) is 0.756. The van der Waals surface area contributed by atoms with Crippen LogP contribution in [0.25, 0.3) is 0 Å². The topological polar surface area (TPSA) is 758 Å². The van der Waals surface area contributed by atoms with E-state index >= 15 is 0 Å². The van der Waals surface area contributed by atoms with Crippen LogP contribution in [0.3, 0.4) is 0 Å². The van der Waals surface area contributed by atoms with Crippen LogP contribution in [-0.2, 0) is 115 Å². The van der Waals surface area contributed by atoms with Crippen LogP contribution in [0.1, 0.15) is 215 Å². The first kappa shape index (κ1) is 126. The van der Waals surface area contributed by atoms with Gasteiger partial charge in [-0.15, -0.1) is 0 Å². The van der Waals surface area contributed by atoms with Crippen molar-refractivity contribution in [3.8, 4) is 0 Å². The minimum atomic E-state index is -2.57. The lowest BCUT2D eigenvalue weighted by atomic mass is 9.89. The third-order valence-electron chi connectivity index (χ3n) is 23.4. The fraction of sp³-hybridized carbons (Fsp3) is 0.807. The standard InChI is InChI=1S/C46H79N7O20.C42H75N7O19/c1-28(2)44(64)70-26-19-33-43(63)46(65,69-6)42(50-30(4)54)45(72-33)73-41-39(62)38(61)29(3)71-40(41)32(56)27-47-20-9-7-12-24-52(67)36(59)17-15-34(57)48-21-10-8-13-25-53(68)37(60)18-16-35(58)49-22-11-14-23-51(66)31(5)55;1-26-35(58)36(59)38(68-41-39(46-27(2)51)42(61,65-4)40(60)30(67-41)17-24-50)37(66-26)29(53)25-43-18-7-5-10-22-48(63)33(56)15-13-31(54)44-19-8-6-11-23-49(64)34(57)16-14-32(55)45-20-9-12-21-47(62)28(3)52/h29,33,38-43,45,47,61-63,65-68H,1,7-27H2,2-6H3,(H,48,57)(H,49,58)(H,50,54);26,30,35-41,43,50,58-64H,5-25H2,1-4H3,(H,44,54)(H,45,55)(H,46,51)/t29-,33?,38?,39-,40?,41+,42?,43-,45+,46-;26-,30?,35?,36-,37?,38+,39?,40-,41+,42-/m11/s1. The van der Waals surface area contributed by atoms with Gasteiger partial charge in [-0.2, -0.15) is 0 Å². The highest BCUT2D eigenvalue weighted by Gasteiger charge is 2.61. The van der Waals surface area contributed by atoms with E-state index in [9.17, 15) is 149 Å². The van der Waals surface area contributed by atoms with Gasteiger partial charge >= 0.3 is 5.97 Å². The number of carbonyl (C=O) groups is 15. The summed E-state index contributed by atoms with van der Waals surface area (Å²) in [6.07, 6.45) is -18.3. The Balaban J connectivity index is 0.000000727. The summed E-state index contributed by atoms with van der Waals surface area (Å²) in [4.78, 5) is 183. The van der Waals surface area contributed by atoms with Gasteiger partial charge in [0.1, 0.15) is 73.1 Å². The summed E-state index contributed by atoms with van der Waals surface area (Å²) in [5, 5.41) is 181. The molecule has 0 radical (unpaired) electrons. The predicted octanol–water partition coefficient (Wildman–Crippen LogP) is -5.00. The van der Waals surface area contributed by atoms with E-state index in [4.69, 9.17) is 42.6 Å². The third kappa shape index (κ3) is 45.2. The van der Waals surface area contributed by atoms with Crippen LogP contribution >= 0.6 is 0 Å². The van der Waals surface area contributed by atoms with Gasteiger partial charge in [-0.3, -0.25) is 98.4 Å². The summed E-state index contributed by atoms with van der Waals surface area (Å²) >= 11 is 0.